The molecule has 1 aromatic heterocycles. The molecule has 0 spiro atoms. The van der Waals surface area contributed by atoms with Crippen LogP contribution in [0.15, 0.2) is 41.3 Å². The summed E-state index contributed by atoms with van der Waals surface area (Å²) in [5.74, 6) is -1.75. The third-order valence-corrected chi connectivity index (χ3v) is 7.14. The van der Waals surface area contributed by atoms with Crippen molar-refractivity contribution in [3.8, 4) is 11.1 Å². The highest BCUT2D eigenvalue weighted by molar-refractivity contribution is 7.92. The molecule has 0 radical (unpaired) electrons. The Kier molecular flexibility index (Phi) is 6.97. The number of pyridine rings is 1. The first-order chi connectivity index (χ1) is 13.5. The molecule has 2 N–H and O–H groups in total. The number of hydroxylamine groups is 1. The molecule has 2 rings (SSSR count). The summed E-state index contributed by atoms with van der Waals surface area (Å²) in [7, 11) is -3.91. The van der Waals surface area contributed by atoms with Gasteiger partial charge in [-0.05, 0) is 30.9 Å². The van der Waals surface area contributed by atoms with Crippen molar-refractivity contribution in [1.29, 1.82) is 0 Å². The first kappa shape index (κ1) is 22.8. The fourth-order valence-corrected chi connectivity index (χ4v) is 3.84. The fraction of sp³-hybridized carbons (Fsp3) is 0.400. The number of carbonyl (C=O) groups excluding carboxylic acids is 1. The minimum atomic E-state index is -3.91. The van der Waals surface area contributed by atoms with Crippen LogP contribution in [0.3, 0.4) is 0 Å². The van der Waals surface area contributed by atoms with Crippen molar-refractivity contribution in [2.45, 2.75) is 44.4 Å². The van der Waals surface area contributed by atoms with Crippen LogP contribution in [-0.4, -0.2) is 35.1 Å². The lowest BCUT2D eigenvalue weighted by Crippen LogP contribution is -2.50. The number of benzene rings is 1. The van der Waals surface area contributed by atoms with Gasteiger partial charge in [-0.2, -0.15) is 0 Å². The van der Waals surface area contributed by atoms with Gasteiger partial charge in [-0.25, -0.2) is 18.3 Å². The predicted molar refractivity (Wildman–Crippen MR) is 108 cm³/mol. The third-order valence-electron chi connectivity index (χ3n) is 5.11. The van der Waals surface area contributed by atoms with E-state index in [4.69, 9.17) is 5.21 Å². The van der Waals surface area contributed by atoms with Crippen LogP contribution in [0.1, 0.15) is 32.3 Å². The van der Waals surface area contributed by atoms with Gasteiger partial charge < -0.3 is 4.57 Å². The molecular weight excluding hydrogens is 399 g/mol. The van der Waals surface area contributed by atoms with Gasteiger partial charge in [0.15, 0.2) is 14.6 Å². The molecule has 29 heavy (non-hydrogen) atoms. The van der Waals surface area contributed by atoms with Crippen LogP contribution in [0.25, 0.3) is 11.1 Å². The lowest BCUT2D eigenvalue weighted by atomic mass is 10.0. The van der Waals surface area contributed by atoms with Crippen LogP contribution in [0.2, 0.25) is 0 Å². The zero-order valence-electron chi connectivity index (χ0n) is 16.6. The van der Waals surface area contributed by atoms with Crippen molar-refractivity contribution in [3.05, 3.63) is 58.3 Å². The molecule has 1 amide bonds. The van der Waals surface area contributed by atoms with E-state index in [1.807, 2.05) is 12.1 Å². The number of amides is 1. The van der Waals surface area contributed by atoms with Crippen LogP contribution < -0.4 is 11.0 Å². The number of carbonyl (C=O) groups is 1. The Morgan fingerprint density at radius 1 is 1.28 bits per heavy atom. The van der Waals surface area contributed by atoms with Gasteiger partial charge in [-0.15, -0.1) is 0 Å². The van der Waals surface area contributed by atoms with E-state index in [9.17, 15) is 22.4 Å². The van der Waals surface area contributed by atoms with Crippen LogP contribution in [0, 0.1) is 5.82 Å². The first-order valence-corrected chi connectivity index (χ1v) is 11.1. The van der Waals surface area contributed by atoms with Crippen molar-refractivity contribution >= 4 is 15.7 Å². The summed E-state index contributed by atoms with van der Waals surface area (Å²) < 4.78 is 37.7. The Hall–Kier alpha value is -2.52. The Morgan fingerprint density at radius 3 is 2.41 bits per heavy atom. The van der Waals surface area contributed by atoms with Gasteiger partial charge in [0.1, 0.15) is 5.82 Å². The largest absolute Gasteiger partial charge is 0.312 e. The summed E-state index contributed by atoms with van der Waals surface area (Å²) in [5, 5.41) is 8.85. The Labute approximate surface area is 169 Å². The molecule has 1 aromatic carbocycles. The zero-order chi connectivity index (χ0) is 21.8. The normalized spacial score (nSPS) is 13.7. The van der Waals surface area contributed by atoms with Gasteiger partial charge in [0, 0.05) is 30.6 Å². The van der Waals surface area contributed by atoms with Gasteiger partial charge in [0.05, 0.1) is 0 Å². The summed E-state index contributed by atoms with van der Waals surface area (Å²) in [6.07, 6.45) is 3.44. The minimum absolute atomic E-state index is 0.147. The van der Waals surface area contributed by atoms with Crippen LogP contribution >= 0.6 is 0 Å². The number of nitrogens with one attached hydrogen (secondary N) is 1. The quantitative estimate of drug-likeness (QED) is 0.500. The maximum Gasteiger partial charge on any atom is 0.264 e. The molecule has 0 bridgehead atoms. The average Bonchev–Trinajstić information content (AvgIpc) is 2.67. The fourth-order valence-electron chi connectivity index (χ4n) is 3.00. The first-order valence-electron chi connectivity index (χ1n) is 9.17. The number of aromatic nitrogens is 1. The maximum atomic E-state index is 14.6. The lowest BCUT2D eigenvalue weighted by molar-refractivity contribution is -0.131. The van der Waals surface area contributed by atoms with Crippen molar-refractivity contribution in [2.75, 3.05) is 6.26 Å². The number of sulfone groups is 1. The SMILES string of the molecule is CCCc1ccc(-c2cc(=O)n(CC[C@](C)(C(=O)NO)S(C)(=O)=O)cc2F)cc1. The smallest absolute Gasteiger partial charge is 0.264 e. The van der Waals surface area contributed by atoms with Crippen molar-refractivity contribution in [3.63, 3.8) is 0 Å². The molecule has 0 unspecified atom stereocenters. The van der Waals surface area contributed by atoms with Crippen LogP contribution in [0.4, 0.5) is 4.39 Å². The molecule has 158 valence electrons. The maximum absolute atomic E-state index is 14.6. The Balaban J connectivity index is 2.32. The number of halogens is 1. The molecule has 7 nitrogen and oxygen atoms in total. The van der Waals surface area contributed by atoms with Gasteiger partial charge in [-0.1, -0.05) is 37.6 Å². The van der Waals surface area contributed by atoms with E-state index in [2.05, 4.69) is 6.92 Å². The number of nitrogens with zero attached hydrogens (tertiary/aromatic N) is 1. The molecule has 0 saturated heterocycles. The average molecular weight is 424 g/mol. The second-order valence-electron chi connectivity index (χ2n) is 7.21. The molecule has 0 aliphatic carbocycles. The topological polar surface area (TPSA) is 105 Å². The van der Waals surface area contributed by atoms with E-state index >= 15 is 0 Å². The second kappa shape index (κ2) is 8.87. The number of aryl methyl sites for hydroxylation is 2. The molecule has 0 aliphatic rings. The Bertz CT molecular complexity index is 1050. The molecule has 0 saturated carbocycles. The van der Waals surface area contributed by atoms with Gasteiger partial charge in [0.25, 0.3) is 11.5 Å². The van der Waals surface area contributed by atoms with E-state index in [1.165, 1.54) is 5.48 Å². The van der Waals surface area contributed by atoms with Crippen LogP contribution in [0.5, 0.6) is 0 Å². The summed E-state index contributed by atoms with van der Waals surface area (Å²) in [6.45, 7) is 2.98. The number of hydrogen-bond acceptors (Lipinski definition) is 5. The standard InChI is InChI=1S/C20H25FN2O5S/c1-4-5-14-6-8-15(9-7-14)16-12-18(24)23(13-17(16)21)11-10-20(2,19(25)22-26)29(3,27)28/h6-9,12-13,26H,4-5,10-11H2,1-3H3,(H,22,25)/t20-/m1/s1. The van der Waals surface area contributed by atoms with Gasteiger partial charge in [-0.3, -0.25) is 14.8 Å². The summed E-state index contributed by atoms with van der Waals surface area (Å²) in [5.41, 5.74) is 2.64. The van der Waals surface area contributed by atoms with E-state index < -0.39 is 31.9 Å². The predicted octanol–water partition coefficient (Wildman–Crippen LogP) is 2.31. The van der Waals surface area contributed by atoms with Gasteiger partial charge >= 0.3 is 0 Å². The molecular formula is C20H25FN2O5S. The molecule has 9 heteroatoms. The minimum Gasteiger partial charge on any atom is -0.312 e. The molecule has 0 aliphatic heterocycles. The summed E-state index contributed by atoms with van der Waals surface area (Å²) in [4.78, 5) is 24.3. The number of rotatable bonds is 8. The second-order valence-corrected chi connectivity index (χ2v) is 9.65. The summed E-state index contributed by atoms with van der Waals surface area (Å²) in [6, 6.07) is 8.41. The van der Waals surface area contributed by atoms with E-state index in [0.29, 0.717) is 5.56 Å². The summed E-state index contributed by atoms with van der Waals surface area (Å²) >= 11 is 0. The highest BCUT2D eigenvalue weighted by atomic mass is 32.2. The molecule has 1 atom stereocenters. The van der Waals surface area contributed by atoms with Crippen LogP contribution in [-0.2, 0) is 27.6 Å². The van der Waals surface area contributed by atoms with E-state index in [0.717, 1.165) is 48.4 Å². The molecule has 0 fully saturated rings. The molecule has 1 heterocycles. The van der Waals surface area contributed by atoms with Crippen molar-refractivity contribution < 1.29 is 22.8 Å². The highest BCUT2D eigenvalue weighted by Gasteiger charge is 2.43. The van der Waals surface area contributed by atoms with Crippen molar-refractivity contribution in [1.82, 2.24) is 10.0 Å². The highest BCUT2D eigenvalue weighted by Crippen LogP contribution is 2.24. The number of hydrogen-bond donors (Lipinski definition) is 2. The lowest BCUT2D eigenvalue weighted by Gasteiger charge is -2.25. The third kappa shape index (κ3) is 4.91. The van der Waals surface area contributed by atoms with Gasteiger partial charge in [0.2, 0.25) is 0 Å². The Morgan fingerprint density at radius 2 is 1.90 bits per heavy atom. The molecule has 2 aromatic rings. The van der Waals surface area contributed by atoms with E-state index in [-0.39, 0.29) is 18.5 Å². The zero-order valence-corrected chi connectivity index (χ0v) is 17.4. The van der Waals surface area contributed by atoms with Crippen molar-refractivity contribution in [2.24, 2.45) is 0 Å². The monoisotopic (exact) mass is 424 g/mol. The van der Waals surface area contributed by atoms with E-state index in [1.54, 1.807) is 12.1 Å².